The molecule has 4 rings (SSSR count). The molecule has 3 aliphatic rings. The van der Waals surface area contributed by atoms with Gasteiger partial charge in [0.1, 0.15) is 0 Å². The first-order valence-electron chi connectivity index (χ1n) is 11.1. The van der Waals surface area contributed by atoms with Crippen LogP contribution < -0.4 is 5.73 Å². The number of carbonyl (C=O) groups excluding carboxylic acids is 3. The summed E-state index contributed by atoms with van der Waals surface area (Å²) < 4.78 is 0. The van der Waals surface area contributed by atoms with Gasteiger partial charge in [-0.05, 0) is 49.6 Å². The maximum absolute atomic E-state index is 13.0. The van der Waals surface area contributed by atoms with Crippen LogP contribution in [0, 0.1) is 17.8 Å². The van der Waals surface area contributed by atoms with Crippen LogP contribution in [-0.2, 0) is 20.8 Å². The monoisotopic (exact) mass is 412 g/mol. The van der Waals surface area contributed by atoms with Gasteiger partial charge in [0.05, 0.1) is 0 Å². The van der Waals surface area contributed by atoms with Gasteiger partial charge < -0.3 is 20.4 Å². The fraction of sp³-hybridized carbons (Fsp3) is 0.609. The lowest BCUT2D eigenvalue weighted by Crippen LogP contribution is -2.47. The molecule has 3 heterocycles. The molecule has 7 heteroatoms. The van der Waals surface area contributed by atoms with Crippen LogP contribution in [0.15, 0.2) is 30.3 Å². The molecule has 0 spiro atoms. The van der Waals surface area contributed by atoms with Gasteiger partial charge in [0.25, 0.3) is 0 Å². The zero-order valence-electron chi connectivity index (χ0n) is 17.5. The molecule has 1 aromatic rings. The molecule has 30 heavy (non-hydrogen) atoms. The van der Waals surface area contributed by atoms with Crippen molar-refractivity contribution in [1.29, 1.82) is 0 Å². The Hall–Kier alpha value is -2.41. The summed E-state index contributed by atoms with van der Waals surface area (Å²) >= 11 is 0. The maximum atomic E-state index is 13.0. The summed E-state index contributed by atoms with van der Waals surface area (Å²) in [5.41, 5.74) is 6.48. The zero-order valence-corrected chi connectivity index (χ0v) is 17.5. The minimum absolute atomic E-state index is 0.0391. The Morgan fingerprint density at radius 2 is 1.53 bits per heavy atom. The molecule has 2 N–H and O–H groups in total. The van der Waals surface area contributed by atoms with Crippen LogP contribution in [0.5, 0.6) is 0 Å². The number of rotatable bonds is 5. The van der Waals surface area contributed by atoms with E-state index in [9.17, 15) is 14.4 Å². The molecule has 1 unspecified atom stereocenters. The smallest absolute Gasteiger partial charge is 0.311 e. The van der Waals surface area contributed by atoms with Crippen LogP contribution in [0.1, 0.15) is 24.8 Å². The van der Waals surface area contributed by atoms with Crippen LogP contribution in [0.3, 0.4) is 0 Å². The summed E-state index contributed by atoms with van der Waals surface area (Å²) in [6, 6.07) is 10.6. The molecule has 7 nitrogen and oxygen atoms in total. The van der Waals surface area contributed by atoms with E-state index >= 15 is 0 Å². The maximum Gasteiger partial charge on any atom is 0.311 e. The molecular formula is C23H32N4O3. The number of hydrogen-bond donors (Lipinski definition) is 1. The topological polar surface area (TPSA) is 86.9 Å². The molecule has 3 aliphatic heterocycles. The Balaban J connectivity index is 1.18. The molecular weight excluding hydrogens is 380 g/mol. The molecule has 0 aliphatic carbocycles. The fourth-order valence-electron chi connectivity index (χ4n) is 5.35. The lowest BCUT2D eigenvalue weighted by molar-refractivity contribution is -0.146. The lowest BCUT2D eigenvalue weighted by atomic mass is 9.95. The summed E-state index contributed by atoms with van der Waals surface area (Å²) in [5, 5.41) is 0. The summed E-state index contributed by atoms with van der Waals surface area (Å²) in [7, 11) is 0. The van der Waals surface area contributed by atoms with E-state index in [1.54, 1.807) is 0 Å². The number of carbonyl (C=O) groups is 3. The molecule has 0 saturated carbocycles. The average Bonchev–Trinajstić information content (AvgIpc) is 3.32. The zero-order chi connectivity index (χ0) is 21.1. The van der Waals surface area contributed by atoms with E-state index in [4.69, 9.17) is 5.73 Å². The van der Waals surface area contributed by atoms with Crippen molar-refractivity contribution in [1.82, 2.24) is 14.7 Å². The van der Waals surface area contributed by atoms with E-state index in [1.807, 2.05) is 4.90 Å². The van der Waals surface area contributed by atoms with Crippen molar-refractivity contribution in [3.05, 3.63) is 35.9 Å². The van der Waals surface area contributed by atoms with Crippen molar-refractivity contribution in [2.24, 2.45) is 23.5 Å². The Morgan fingerprint density at radius 3 is 2.13 bits per heavy atom. The van der Waals surface area contributed by atoms with Gasteiger partial charge in [0.15, 0.2) is 0 Å². The highest BCUT2D eigenvalue weighted by Gasteiger charge is 2.43. The van der Waals surface area contributed by atoms with Crippen molar-refractivity contribution in [3.8, 4) is 0 Å². The molecule has 162 valence electrons. The van der Waals surface area contributed by atoms with Gasteiger partial charge in [-0.1, -0.05) is 30.3 Å². The third-order valence-electron chi connectivity index (χ3n) is 7.00. The number of piperidine rings is 1. The number of amides is 3. The van der Waals surface area contributed by atoms with Crippen molar-refractivity contribution in [3.63, 3.8) is 0 Å². The number of benzene rings is 1. The normalized spacial score (nSPS) is 24.8. The van der Waals surface area contributed by atoms with E-state index in [1.165, 1.54) is 16.9 Å². The third kappa shape index (κ3) is 4.67. The van der Waals surface area contributed by atoms with Crippen molar-refractivity contribution in [2.45, 2.75) is 25.7 Å². The van der Waals surface area contributed by atoms with Crippen LogP contribution in [0.25, 0.3) is 0 Å². The average molecular weight is 413 g/mol. The number of aryl methyl sites for hydroxylation is 1. The first-order valence-corrected chi connectivity index (χ1v) is 11.1. The van der Waals surface area contributed by atoms with E-state index in [0.29, 0.717) is 37.8 Å². The summed E-state index contributed by atoms with van der Waals surface area (Å²) in [4.78, 5) is 41.8. The van der Waals surface area contributed by atoms with Crippen LogP contribution in [0.4, 0.5) is 0 Å². The van der Waals surface area contributed by atoms with Gasteiger partial charge in [-0.2, -0.15) is 0 Å². The Labute approximate surface area is 178 Å². The van der Waals surface area contributed by atoms with Gasteiger partial charge in [0.2, 0.25) is 5.91 Å². The van der Waals surface area contributed by atoms with E-state index in [-0.39, 0.29) is 11.8 Å². The van der Waals surface area contributed by atoms with Gasteiger partial charge in [0, 0.05) is 45.2 Å². The van der Waals surface area contributed by atoms with Gasteiger partial charge >= 0.3 is 11.8 Å². The van der Waals surface area contributed by atoms with Crippen molar-refractivity contribution < 1.29 is 14.4 Å². The molecule has 3 saturated heterocycles. The number of nitrogens with two attached hydrogens (primary N) is 1. The first-order chi connectivity index (χ1) is 14.5. The number of likely N-dealkylation sites (tertiary alicyclic amines) is 3. The standard InChI is InChI=1S/C23H32N4O3/c24-21(28)23(30)26-11-8-18(9-12-26)22(29)27-15-19-13-25(14-20(19)16-27)10-4-7-17-5-2-1-3-6-17/h1-3,5-6,18-20H,4,7-16H2,(H2,24,28)/t19-,20?/m0/s1. The van der Waals surface area contributed by atoms with E-state index in [0.717, 1.165) is 39.1 Å². The van der Waals surface area contributed by atoms with Crippen molar-refractivity contribution in [2.75, 3.05) is 45.8 Å². The van der Waals surface area contributed by atoms with Crippen LogP contribution >= 0.6 is 0 Å². The molecule has 3 amide bonds. The van der Waals surface area contributed by atoms with Crippen LogP contribution in [0.2, 0.25) is 0 Å². The minimum Gasteiger partial charge on any atom is -0.361 e. The Kier molecular flexibility index (Phi) is 6.37. The quantitative estimate of drug-likeness (QED) is 0.723. The van der Waals surface area contributed by atoms with Gasteiger partial charge in [-0.3, -0.25) is 14.4 Å². The predicted molar refractivity (Wildman–Crippen MR) is 113 cm³/mol. The Bertz CT molecular complexity index is 762. The minimum atomic E-state index is -0.916. The van der Waals surface area contributed by atoms with Crippen molar-refractivity contribution >= 4 is 17.7 Å². The number of hydrogen-bond acceptors (Lipinski definition) is 4. The van der Waals surface area contributed by atoms with Gasteiger partial charge in [-0.15, -0.1) is 0 Å². The third-order valence-corrected chi connectivity index (χ3v) is 7.00. The second-order valence-corrected chi connectivity index (χ2v) is 9.04. The summed E-state index contributed by atoms with van der Waals surface area (Å²) in [5.74, 6) is -0.192. The summed E-state index contributed by atoms with van der Waals surface area (Å²) in [6.07, 6.45) is 3.54. The van der Waals surface area contributed by atoms with E-state index in [2.05, 4.69) is 35.2 Å². The second-order valence-electron chi connectivity index (χ2n) is 9.04. The first kappa shape index (κ1) is 20.8. The van der Waals surface area contributed by atoms with Gasteiger partial charge in [-0.25, -0.2) is 0 Å². The molecule has 0 bridgehead atoms. The number of fused-ring (bicyclic) bond motifs is 1. The molecule has 0 aromatic heterocycles. The largest absolute Gasteiger partial charge is 0.361 e. The fourth-order valence-corrected chi connectivity index (χ4v) is 5.35. The Morgan fingerprint density at radius 1 is 0.900 bits per heavy atom. The lowest BCUT2D eigenvalue weighted by Gasteiger charge is -2.33. The highest BCUT2D eigenvalue weighted by molar-refractivity contribution is 6.34. The van der Waals surface area contributed by atoms with E-state index < -0.39 is 11.8 Å². The number of nitrogens with zero attached hydrogens (tertiary/aromatic N) is 3. The van der Waals surface area contributed by atoms with Crippen LogP contribution in [-0.4, -0.2) is 78.2 Å². The SMILES string of the molecule is NC(=O)C(=O)N1CCC(C(=O)N2CC3CN(CCCc4ccccc4)C[C@H]3C2)CC1. The second kappa shape index (κ2) is 9.16. The molecule has 1 aromatic carbocycles. The highest BCUT2D eigenvalue weighted by Crippen LogP contribution is 2.33. The highest BCUT2D eigenvalue weighted by atomic mass is 16.2. The molecule has 3 fully saturated rings. The molecule has 0 radical (unpaired) electrons. The predicted octanol–water partition coefficient (Wildman–Crippen LogP) is 0.733. The molecule has 2 atom stereocenters. The summed E-state index contributed by atoms with van der Waals surface area (Å²) in [6.45, 7) is 5.91. The number of primary amides is 1.